The van der Waals surface area contributed by atoms with E-state index in [2.05, 4.69) is 6.92 Å². The van der Waals surface area contributed by atoms with E-state index in [1.807, 2.05) is 50.2 Å². The van der Waals surface area contributed by atoms with Gasteiger partial charge >= 0.3 is 0 Å². The van der Waals surface area contributed by atoms with Crippen LogP contribution in [0.4, 0.5) is 0 Å². The van der Waals surface area contributed by atoms with Crippen LogP contribution in [0.15, 0.2) is 36.4 Å². The standard InChI is InChI=1S/C6H13P.C6H6.C2H6/c1-6-2-4-7-5-3-6;1-2-4-6-5-3-1;1-2/h6-7H,2-5H2,1H3;1-6H;1-2H3. The first-order valence-corrected chi connectivity index (χ1v) is 7.52. The Bertz CT molecular complexity index is 163. The van der Waals surface area contributed by atoms with Crippen LogP contribution in [-0.2, 0) is 0 Å². The second kappa shape index (κ2) is 11.7. The molecular weight excluding hydrogens is 199 g/mol. The molecule has 1 aromatic carbocycles. The van der Waals surface area contributed by atoms with E-state index < -0.39 is 0 Å². The van der Waals surface area contributed by atoms with E-state index in [4.69, 9.17) is 0 Å². The molecule has 1 aliphatic rings. The highest BCUT2D eigenvalue weighted by Gasteiger charge is 2.05. The lowest BCUT2D eigenvalue weighted by atomic mass is 10.1. The van der Waals surface area contributed by atoms with Gasteiger partial charge in [-0.25, -0.2) is 0 Å². The highest BCUT2D eigenvalue weighted by Crippen LogP contribution is 2.26. The fraction of sp³-hybridized carbons (Fsp3) is 0.571. The maximum Gasteiger partial charge on any atom is -0.0351 e. The van der Waals surface area contributed by atoms with Crippen LogP contribution in [0.25, 0.3) is 0 Å². The molecule has 0 radical (unpaired) electrons. The summed E-state index contributed by atoms with van der Waals surface area (Å²) in [6.07, 6.45) is 6.03. The fourth-order valence-corrected chi connectivity index (χ4v) is 3.00. The van der Waals surface area contributed by atoms with Crippen molar-refractivity contribution < 1.29 is 0 Å². The molecule has 1 saturated heterocycles. The smallest absolute Gasteiger partial charge is 0.0351 e. The van der Waals surface area contributed by atoms with Gasteiger partial charge in [0, 0.05) is 0 Å². The maximum absolute atomic E-state index is 2.36. The molecule has 1 heteroatoms. The molecule has 0 aliphatic carbocycles. The summed E-state index contributed by atoms with van der Waals surface area (Å²) in [6.45, 7) is 6.36. The quantitative estimate of drug-likeness (QED) is 0.555. The largest absolute Gasteiger partial charge is 0.122 e. The molecule has 15 heavy (non-hydrogen) atoms. The molecule has 1 aromatic rings. The maximum atomic E-state index is 2.36. The van der Waals surface area contributed by atoms with E-state index in [-0.39, 0.29) is 0 Å². The zero-order chi connectivity index (χ0) is 11.4. The summed E-state index contributed by atoms with van der Waals surface area (Å²) in [6, 6.07) is 12.0. The molecule has 0 atom stereocenters. The van der Waals surface area contributed by atoms with Crippen molar-refractivity contribution in [1.29, 1.82) is 0 Å². The van der Waals surface area contributed by atoms with Crippen LogP contribution in [0.5, 0.6) is 0 Å². The SMILES string of the molecule is CC.CC1CCPCC1.c1ccccc1. The molecule has 0 bridgehead atoms. The Morgan fingerprint density at radius 3 is 1.33 bits per heavy atom. The van der Waals surface area contributed by atoms with Crippen molar-refractivity contribution in [2.24, 2.45) is 5.92 Å². The topological polar surface area (TPSA) is 0 Å². The predicted molar refractivity (Wildman–Crippen MR) is 74.2 cm³/mol. The Kier molecular flexibility index (Phi) is 11.4. The molecule has 2 rings (SSSR count). The van der Waals surface area contributed by atoms with E-state index in [0.29, 0.717) is 0 Å². The molecule has 0 aromatic heterocycles. The molecule has 0 spiro atoms. The van der Waals surface area contributed by atoms with Crippen LogP contribution in [-0.4, -0.2) is 12.3 Å². The Labute approximate surface area is 97.3 Å². The average molecular weight is 224 g/mol. The number of hydrogen-bond donors (Lipinski definition) is 0. The summed E-state index contributed by atoms with van der Waals surface area (Å²) in [5.41, 5.74) is 0. The molecule has 1 heterocycles. The van der Waals surface area contributed by atoms with Crippen molar-refractivity contribution in [2.45, 2.75) is 33.6 Å². The minimum Gasteiger partial charge on any atom is -0.122 e. The Hall–Kier alpha value is -0.350. The van der Waals surface area contributed by atoms with Gasteiger partial charge in [-0.1, -0.05) is 57.2 Å². The molecule has 0 N–H and O–H groups in total. The molecule has 0 unspecified atom stereocenters. The third-order valence-electron chi connectivity index (χ3n) is 2.29. The fourth-order valence-electron chi connectivity index (χ4n) is 1.35. The monoisotopic (exact) mass is 224 g/mol. The lowest BCUT2D eigenvalue weighted by Crippen LogP contribution is -2.02. The molecular formula is C14H25P. The van der Waals surface area contributed by atoms with Crippen LogP contribution in [0, 0.1) is 5.92 Å². The summed E-state index contributed by atoms with van der Waals surface area (Å²) < 4.78 is 0. The summed E-state index contributed by atoms with van der Waals surface area (Å²) >= 11 is 0. The van der Waals surface area contributed by atoms with Crippen molar-refractivity contribution in [2.75, 3.05) is 12.3 Å². The number of rotatable bonds is 0. The second-order valence-electron chi connectivity index (χ2n) is 3.59. The van der Waals surface area contributed by atoms with E-state index in [1.165, 1.54) is 33.7 Å². The third kappa shape index (κ3) is 9.94. The van der Waals surface area contributed by atoms with Gasteiger partial charge in [0.05, 0.1) is 0 Å². The molecule has 86 valence electrons. The normalized spacial score (nSPS) is 20.6. The summed E-state index contributed by atoms with van der Waals surface area (Å²) in [5, 5.41) is 0. The van der Waals surface area contributed by atoms with Crippen LogP contribution in [0.2, 0.25) is 0 Å². The van der Waals surface area contributed by atoms with Crippen molar-refractivity contribution in [1.82, 2.24) is 0 Å². The van der Waals surface area contributed by atoms with E-state index >= 15 is 0 Å². The van der Waals surface area contributed by atoms with Gasteiger partial charge in [0.15, 0.2) is 0 Å². The predicted octanol–water partition coefficient (Wildman–Crippen LogP) is 4.81. The molecule has 1 fully saturated rings. The molecule has 0 amide bonds. The van der Waals surface area contributed by atoms with E-state index in [9.17, 15) is 0 Å². The second-order valence-corrected chi connectivity index (χ2v) is 5.09. The van der Waals surface area contributed by atoms with Gasteiger partial charge in [-0.15, -0.1) is 8.58 Å². The number of hydrogen-bond acceptors (Lipinski definition) is 0. The van der Waals surface area contributed by atoms with E-state index in [0.717, 1.165) is 5.92 Å². The Morgan fingerprint density at radius 1 is 0.800 bits per heavy atom. The first-order chi connectivity index (χ1) is 7.39. The molecule has 0 nitrogen and oxygen atoms in total. The zero-order valence-corrected chi connectivity index (χ0v) is 11.4. The summed E-state index contributed by atoms with van der Waals surface area (Å²) in [4.78, 5) is 0. The highest BCUT2D eigenvalue weighted by molar-refractivity contribution is 7.38. The third-order valence-corrected chi connectivity index (χ3v) is 3.58. The van der Waals surface area contributed by atoms with Gasteiger partial charge in [-0.2, -0.15) is 0 Å². The van der Waals surface area contributed by atoms with Gasteiger partial charge in [-0.05, 0) is 31.1 Å². The summed E-state index contributed by atoms with van der Waals surface area (Å²) in [7, 11) is 1.29. The Balaban J connectivity index is 0.000000227. The Morgan fingerprint density at radius 2 is 1.13 bits per heavy atom. The van der Waals surface area contributed by atoms with Crippen LogP contribution >= 0.6 is 8.58 Å². The highest BCUT2D eigenvalue weighted by atomic mass is 31.1. The average Bonchev–Trinajstić information content (AvgIpc) is 2.36. The van der Waals surface area contributed by atoms with Gasteiger partial charge in [0.25, 0.3) is 0 Å². The van der Waals surface area contributed by atoms with Gasteiger partial charge < -0.3 is 0 Å². The van der Waals surface area contributed by atoms with Gasteiger partial charge in [-0.3, -0.25) is 0 Å². The van der Waals surface area contributed by atoms with Crippen LogP contribution in [0.3, 0.4) is 0 Å². The van der Waals surface area contributed by atoms with Crippen molar-refractivity contribution in [3.63, 3.8) is 0 Å². The zero-order valence-electron chi connectivity index (χ0n) is 10.4. The minimum atomic E-state index is 1.04. The first kappa shape index (κ1) is 14.6. The first-order valence-electron chi connectivity index (χ1n) is 6.10. The van der Waals surface area contributed by atoms with Crippen molar-refractivity contribution in [3.8, 4) is 0 Å². The number of benzene rings is 1. The van der Waals surface area contributed by atoms with Gasteiger partial charge in [0.2, 0.25) is 0 Å². The molecule has 1 aliphatic heterocycles. The van der Waals surface area contributed by atoms with Crippen molar-refractivity contribution in [3.05, 3.63) is 36.4 Å². The lowest BCUT2D eigenvalue weighted by Gasteiger charge is -2.15. The summed E-state index contributed by atoms with van der Waals surface area (Å²) in [5.74, 6) is 1.04. The van der Waals surface area contributed by atoms with Gasteiger partial charge in [0.1, 0.15) is 0 Å². The van der Waals surface area contributed by atoms with Crippen LogP contribution < -0.4 is 0 Å². The minimum absolute atomic E-state index is 1.04. The van der Waals surface area contributed by atoms with E-state index in [1.54, 1.807) is 0 Å². The lowest BCUT2D eigenvalue weighted by molar-refractivity contribution is 0.538. The molecule has 0 saturated carbocycles. The van der Waals surface area contributed by atoms with Crippen molar-refractivity contribution >= 4 is 8.58 Å². The van der Waals surface area contributed by atoms with Crippen LogP contribution in [0.1, 0.15) is 33.6 Å².